The highest BCUT2D eigenvalue weighted by Gasteiger charge is 2.25. The summed E-state index contributed by atoms with van der Waals surface area (Å²) in [6, 6.07) is 3.85. The number of carbonyl (C=O) groups excluding carboxylic acids is 1. The molecule has 1 aromatic rings. The summed E-state index contributed by atoms with van der Waals surface area (Å²) >= 11 is 3.27. The van der Waals surface area contributed by atoms with Gasteiger partial charge in [0.05, 0.1) is 6.54 Å². The molecule has 0 spiro atoms. The van der Waals surface area contributed by atoms with E-state index in [0.717, 1.165) is 31.8 Å². The number of ether oxygens (including phenoxy) is 1. The Hall–Kier alpha value is -0.850. The zero-order valence-corrected chi connectivity index (χ0v) is 12.3. The predicted molar refractivity (Wildman–Crippen MR) is 74.4 cm³/mol. The first-order valence-corrected chi connectivity index (χ1v) is 7.28. The first-order chi connectivity index (χ1) is 9.15. The average molecular weight is 331 g/mol. The highest BCUT2D eigenvalue weighted by molar-refractivity contribution is 9.10. The summed E-state index contributed by atoms with van der Waals surface area (Å²) in [6.07, 6.45) is 2.28. The standard InChI is InChI=1S/C13H19BrN2O3/c14-12-2-1-10(19-12)8-16-11(7-13(15)17)9-3-5-18-6-4-9/h1-2,9,11,16H,3-8H2,(H2,15,17)/t11-/m1/s1. The molecule has 0 aliphatic carbocycles. The fourth-order valence-electron chi connectivity index (χ4n) is 2.42. The van der Waals surface area contributed by atoms with E-state index in [1.807, 2.05) is 12.1 Å². The van der Waals surface area contributed by atoms with Crippen molar-refractivity contribution >= 4 is 21.8 Å². The van der Waals surface area contributed by atoms with Crippen molar-refractivity contribution in [2.75, 3.05) is 13.2 Å². The number of primary amides is 1. The quantitative estimate of drug-likeness (QED) is 0.833. The lowest BCUT2D eigenvalue weighted by Gasteiger charge is -2.30. The van der Waals surface area contributed by atoms with Crippen molar-refractivity contribution in [3.8, 4) is 0 Å². The third-order valence-electron chi connectivity index (χ3n) is 3.42. The van der Waals surface area contributed by atoms with Crippen LogP contribution in [0.4, 0.5) is 0 Å². The third kappa shape index (κ3) is 4.63. The summed E-state index contributed by atoms with van der Waals surface area (Å²) in [5.74, 6) is 0.998. The zero-order valence-electron chi connectivity index (χ0n) is 10.7. The molecule has 19 heavy (non-hydrogen) atoms. The summed E-state index contributed by atoms with van der Waals surface area (Å²) in [7, 11) is 0. The second kappa shape index (κ2) is 7.07. The largest absolute Gasteiger partial charge is 0.453 e. The van der Waals surface area contributed by atoms with Gasteiger partial charge in [-0.3, -0.25) is 4.79 Å². The number of hydrogen-bond donors (Lipinski definition) is 2. The van der Waals surface area contributed by atoms with E-state index in [0.29, 0.717) is 23.6 Å². The van der Waals surface area contributed by atoms with Crippen LogP contribution in [0, 0.1) is 5.92 Å². The number of amides is 1. The molecule has 0 unspecified atom stereocenters. The first kappa shape index (κ1) is 14.6. The Balaban J connectivity index is 1.90. The van der Waals surface area contributed by atoms with Crippen LogP contribution in [0.15, 0.2) is 21.2 Å². The molecule has 1 aliphatic rings. The maximum atomic E-state index is 11.2. The monoisotopic (exact) mass is 330 g/mol. The lowest BCUT2D eigenvalue weighted by atomic mass is 9.89. The van der Waals surface area contributed by atoms with Gasteiger partial charge in [0.15, 0.2) is 4.67 Å². The van der Waals surface area contributed by atoms with Crippen LogP contribution in [0.5, 0.6) is 0 Å². The van der Waals surface area contributed by atoms with Crippen LogP contribution in [0.25, 0.3) is 0 Å². The van der Waals surface area contributed by atoms with Gasteiger partial charge >= 0.3 is 0 Å². The fraction of sp³-hybridized carbons (Fsp3) is 0.615. The Morgan fingerprint density at radius 2 is 2.21 bits per heavy atom. The van der Waals surface area contributed by atoms with Gasteiger partial charge in [-0.15, -0.1) is 0 Å². The van der Waals surface area contributed by atoms with Crippen LogP contribution >= 0.6 is 15.9 Å². The minimum absolute atomic E-state index is 0.0882. The number of halogens is 1. The lowest BCUT2D eigenvalue weighted by molar-refractivity contribution is -0.119. The molecular formula is C13H19BrN2O3. The Labute approximate surface area is 121 Å². The maximum absolute atomic E-state index is 11.2. The van der Waals surface area contributed by atoms with Crippen molar-refractivity contribution in [1.29, 1.82) is 0 Å². The SMILES string of the molecule is NC(=O)C[C@@H](NCc1ccc(Br)o1)C1CCOCC1. The minimum atomic E-state index is -0.274. The van der Waals surface area contributed by atoms with Crippen LogP contribution < -0.4 is 11.1 Å². The van der Waals surface area contributed by atoms with Crippen LogP contribution in [-0.4, -0.2) is 25.2 Å². The van der Waals surface area contributed by atoms with Crippen LogP contribution in [0.3, 0.4) is 0 Å². The average Bonchev–Trinajstić information content (AvgIpc) is 2.81. The van der Waals surface area contributed by atoms with Gasteiger partial charge in [-0.1, -0.05) is 0 Å². The Morgan fingerprint density at radius 1 is 1.47 bits per heavy atom. The van der Waals surface area contributed by atoms with E-state index < -0.39 is 0 Å². The predicted octanol–water partition coefficient (Wildman–Crippen LogP) is 1.80. The summed E-state index contributed by atoms with van der Waals surface area (Å²) in [5.41, 5.74) is 5.33. The van der Waals surface area contributed by atoms with Gasteiger partial charge in [-0.05, 0) is 46.8 Å². The molecule has 0 bridgehead atoms. The van der Waals surface area contributed by atoms with E-state index in [-0.39, 0.29) is 11.9 Å². The molecule has 0 aromatic carbocycles. The van der Waals surface area contributed by atoms with E-state index in [1.54, 1.807) is 0 Å². The van der Waals surface area contributed by atoms with Crippen molar-refractivity contribution in [2.24, 2.45) is 11.7 Å². The van der Waals surface area contributed by atoms with Crippen molar-refractivity contribution in [3.05, 3.63) is 22.6 Å². The third-order valence-corrected chi connectivity index (χ3v) is 3.85. The smallest absolute Gasteiger partial charge is 0.218 e. The summed E-state index contributed by atoms with van der Waals surface area (Å²) in [6.45, 7) is 2.11. The fourth-order valence-corrected chi connectivity index (χ4v) is 2.76. The number of rotatable bonds is 6. The van der Waals surface area contributed by atoms with Crippen LogP contribution in [-0.2, 0) is 16.1 Å². The van der Waals surface area contributed by atoms with Gasteiger partial charge in [-0.25, -0.2) is 0 Å². The molecule has 2 heterocycles. The highest BCUT2D eigenvalue weighted by atomic mass is 79.9. The zero-order chi connectivity index (χ0) is 13.7. The molecule has 6 heteroatoms. The van der Waals surface area contributed by atoms with Gasteiger partial charge in [0.2, 0.25) is 5.91 Å². The normalized spacial score (nSPS) is 18.4. The van der Waals surface area contributed by atoms with E-state index in [1.165, 1.54) is 0 Å². The van der Waals surface area contributed by atoms with Gasteiger partial charge in [0.25, 0.3) is 0 Å². The van der Waals surface area contributed by atoms with Gasteiger partial charge in [0, 0.05) is 25.7 Å². The van der Waals surface area contributed by atoms with Crippen molar-refractivity contribution in [1.82, 2.24) is 5.32 Å². The maximum Gasteiger partial charge on any atom is 0.218 e. The van der Waals surface area contributed by atoms with Gasteiger partial charge in [-0.2, -0.15) is 0 Å². The van der Waals surface area contributed by atoms with Gasteiger partial charge in [0.1, 0.15) is 5.76 Å². The number of furan rings is 1. The molecule has 1 atom stereocenters. The van der Waals surface area contributed by atoms with Crippen LogP contribution in [0.1, 0.15) is 25.0 Å². The minimum Gasteiger partial charge on any atom is -0.453 e. The number of nitrogens with two attached hydrogens (primary N) is 1. The second-order valence-electron chi connectivity index (χ2n) is 4.81. The summed E-state index contributed by atoms with van der Waals surface area (Å²) in [4.78, 5) is 11.2. The molecule has 0 radical (unpaired) electrons. The molecule has 1 amide bonds. The molecular weight excluding hydrogens is 312 g/mol. The molecule has 2 rings (SSSR count). The highest BCUT2D eigenvalue weighted by Crippen LogP contribution is 2.21. The van der Waals surface area contributed by atoms with Crippen molar-refractivity contribution in [3.63, 3.8) is 0 Å². The molecule has 1 saturated heterocycles. The van der Waals surface area contributed by atoms with E-state index in [4.69, 9.17) is 14.9 Å². The van der Waals surface area contributed by atoms with E-state index in [9.17, 15) is 4.79 Å². The van der Waals surface area contributed by atoms with E-state index >= 15 is 0 Å². The van der Waals surface area contributed by atoms with Crippen molar-refractivity contribution in [2.45, 2.75) is 31.8 Å². The molecule has 3 N–H and O–H groups in total. The first-order valence-electron chi connectivity index (χ1n) is 6.49. The molecule has 1 fully saturated rings. The summed E-state index contributed by atoms with van der Waals surface area (Å²) < 4.78 is 11.5. The Morgan fingerprint density at radius 3 is 2.79 bits per heavy atom. The Kier molecular flexibility index (Phi) is 5.42. The molecule has 0 saturated carbocycles. The lowest BCUT2D eigenvalue weighted by Crippen LogP contribution is -2.41. The topological polar surface area (TPSA) is 77.5 Å². The number of hydrogen-bond acceptors (Lipinski definition) is 4. The van der Waals surface area contributed by atoms with Crippen LogP contribution in [0.2, 0.25) is 0 Å². The van der Waals surface area contributed by atoms with Crippen molar-refractivity contribution < 1.29 is 13.9 Å². The number of nitrogens with one attached hydrogen (secondary N) is 1. The second-order valence-corrected chi connectivity index (χ2v) is 5.60. The number of carbonyl (C=O) groups is 1. The summed E-state index contributed by atoms with van der Waals surface area (Å²) in [5, 5.41) is 3.38. The van der Waals surface area contributed by atoms with Gasteiger partial charge < -0.3 is 20.2 Å². The van der Waals surface area contributed by atoms with E-state index in [2.05, 4.69) is 21.2 Å². The molecule has 5 nitrogen and oxygen atoms in total. The molecule has 106 valence electrons. The molecule has 1 aliphatic heterocycles. The molecule has 1 aromatic heterocycles. The Bertz CT molecular complexity index is 416.